The van der Waals surface area contributed by atoms with Crippen molar-refractivity contribution in [3.05, 3.63) is 59.2 Å². The third-order valence-electron chi connectivity index (χ3n) is 3.45. The van der Waals surface area contributed by atoms with Gasteiger partial charge in [-0.05, 0) is 57.0 Å². The smallest absolute Gasteiger partial charge is 0.119 e. The second-order valence-corrected chi connectivity index (χ2v) is 5.19. The van der Waals surface area contributed by atoms with Crippen LogP contribution >= 0.6 is 0 Å². The van der Waals surface area contributed by atoms with Crippen LogP contribution in [0.25, 0.3) is 0 Å². The Kier molecular flexibility index (Phi) is 4.67. The van der Waals surface area contributed by atoms with Gasteiger partial charge in [-0.1, -0.05) is 29.8 Å². The summed E-state index contributed by atoms with van der Waals surface area (Å²) in [7, 11) is 0. The molecule has 1 N–H and O–H groups in total. The van der Waals surface area contributed by atoms with Crippen LogP contribution in [0.4, 0.5) is 5.69 Å². The molecular formula is C18H23NO. The maximum atomic E-state index is 5.47. The van der Waals surface area contributed by atoms with E-state index in [2.05, 4.69) is 56.4 Å². The van der Waals surface area contributed by atoms with Gasteiger partial charge in [0, 0.05) is 11.7 Å². The van der Waals surface area contributed by atoms with Crippen molar-refractivity contribution in [2.24, 2.45) is 0 Å². The van der Waals surface area contributed by atoms with Gasteiger partial charge in [-0.3, -0.25) is 0 Å². The molecule has 0 saturated heterocycles. The van der Waals surface area contributed by atoms with Gasteiger partial charge in [0.1, 0.15) is 5.75 Å². The van der Waals surface area contributed by atoms with Gasteiger partial charge in [0.15, 0.2) is 0 Å². The summed E-state index contributed by atoms with van der Waals surface area (Å²) < 4.78 is 5.47. The van der Waals surface area contributed by atoms with Crippen LogP contribution in [0.2, 0.25) is 0 Å². The largest absolute Gasteiger partial charge is 0.494 e. The van der Waals surface area contributed by atoms with E-state index in [0.29, 0.717) is 6.61 Å². The Morgan fingerprint density at radius 1 is 1.05 bits per heavy atom. The van der Waals surface area contributed by atoms with Gasteiger partial charge >= 0.3 is 0 Å². The lowest BCUT2D eigenvalue weighted by atomic mass is 10.1. The molecule has 0 amide bonds. The molecule has 0 saturated carbocycles. The molecule has 2 aromatic carbocycles. The van der Waals surface area contributed by atoms with E-state index < -0.39 is 0 Å². The molecule has 2 nitrogen and oxygen atoms in total. The zero-order valence-corrected chi connectivity index (χ0v) is 12.7. The van der Waals surface area contributed by atoms with E-state index in [9.17, 15) is 0 Å². The number of ether oxygens (including phenoxy) is 1. The predicted molar refractivity (Wildman–Crippen MR) is 85.6 cm³/mol. The van der Waals surface area contributed by atoms with Crippen LogP contribution in [-0.4, -0.2) is 6.61 Å². The summed E-state index contributed by atoms with van der Waals surface area (Å²) in [6.45, 7) is 9.13. The fourth-order valence-electron chi connectivity index (χ4n) is 2.31. The standard InChI is InChI=1S/C18H23NO/c1-5-20-17-9-7-16(8-10-17)15(4)19-18-11-6-13(2)12-14(18)3/h6-12,15,19H,5H2,1-4H3. The molecule has 0 aliphatic rings. The van der Waals surface area contributed by atoms with E-state index >= 15 is 0 Å². The van der Waals surface area contributed by atoms with E-state index in [1.807, 2.05) is 19.1 Å². The van der Waals surface area contributed by atoms with E-state index in [4.69, 9.17) is 4.74 Å². The summed E-state index contributed by atoms with van der Waals surface area (Å²) >= 11 is 0. The molecule has 1 atom stereocenters. The monoisotopic (exact) mass is 269 g/mol. The van der Waals surface area contributed by atoms with Crippen LogP contribution in [0.3, 0.4) is 0 Å². The summed E-state index contributed by atoms with van der Waals surface area (Å²) in [6.07, 6.45) is 0. The van der Waals surface area contributed by atoms with Gasteiger partial charge in [0.2, 0.25) is 0 Å². The summed E-state index contributed by atoms with van der Waals surface area (Å²) in [5.74, 6) is 0.926. The number of anilines is 1. The third kappa shape index (κ3) is 3.53. The molecule has 0 aliphatic heterocycles. The zero-order chi connectivity index (χ0) is 14.5. The topological polar surface area (TPSA) is 21.3 Å². The van der Waals surface area contributed by atoms with Crippen molar-refractivity contribution in [1.29, 1.82) is 0 Å². The second kappa shape index (κ2) is 6.47. The Morgan fingerprint density at radius 2 is 1.75 bits per heavy atom. The number of benzene rings is 2. The van der Waals surface area contributed by atoms with Gasteiger partial charge in [0.25, 0.3) is 0 Å². The molecule has 0 aliphatic carbocycles. The van der Waals surface area contributed by atoms with Gasteiger partial charge in [-0.2, -0.15) is 0 Å². The Morgan fingerprint density at radius 3 is 2.35 bits per heavy atom. The van der Waals surface area contributed by atoms with Crippen LogP contribution in [0.1, 0.15) is 36.6 Å². The molecule has 2 heteroatoms. The highest BCUT2D eigenvalue weighted by atomic mass is 16.5. The van der Waals surface area contributed by atoms with Gasteiger partial charge in [-0.15, -0.1) is 0 Å². The normalized spacial score (nSPS) is 12.0. The van der Waals surface area contributed by atoms with E-state index in [1.165, 1.54) is 22.4 Å². The summed E-state index contributed by atoms with van der Waals surface area (Å²) in [4.78, 5) is 0. The van der Waals surface area contributed by atoms with Crippen LogP contribution in [-0.2, 0) is 0 Å². The minimum atomic E-state index is 0.270. The first kappa shape index (κ1) is 14.4. The molecular weight excluding hydrogens is 246 g/mol. The lowest BCUT2D eigenvalue weighted by Crippen LogP contribution is -2.07. The van der Waals surface area contributed by atoms with Crippen molar-refractivity contribution in [3.63, 3.8) is 0 Å². The van der Waals surface area contributed by atoms with Crippen LogP contribution < -0.4 is 10.1 Å². The quantitative estimate of drug-likeness (QED) is 0.835. The average Bonchev–Trinajstić information content (AvgIpc) is 2.43. The van der Waals surface area contributed by atoms with Crippen molar-refractivity contribution in [2.75, 3.05) is 11.9 Å². The number of aryl methyl sites for hydroxylation is 2. The molecule has 0 radical (unpaired) electrons. The molecule has 2 aromatic rings. The highest BCUT2D eigenvalue weighted by molar-refractivity contribution is 5.53. The zero-order valence-electron chi connectivity index (χ0n) is 12.7. The molecule has 1 unspecified atom stereocenters. The van der Waals surface area contributed by atoms with Crippen LogP contribution in [0.5, 0.6) is 5.75 Å². The summed E-state index contributed by atoms with van der Waals surface area (Å²) in [5, 5.41) is 3.56. The third-order valence-corrected chi connectivity index (χ3v) is 3.45. The number of hydrogen-bond acceptors (Lipinski definition) is 2. The van der Waals surface area contributed by atoms with Crippen molar-refractivity contribution >= 4 is 5.69 Å². The maximum absolute atomic E-state index is 5.47. The molecule has 20 heavy (non-hydrogen) atoms. The van der Waals surface area contributed by atoms with Crippen molar-refractivity contribution < 1.29 is 4.74 Å². The van der Waals surface area contributed by atoms with Gasteiger partial charge < -0.3 is 10.1 Å². The number of nitrogens with one attached hydrogen (secondary N) is 1. The minimum absolute atomic E-state index is 0.270. The van der Waals surface area contributed by atoms with E-state index in [1.54, 1.807) is 0 Å². The SMILES string of the molecule is CCOc1ccc(C(C)Nc2ccc(C)cc2C)cc1. The fourth-order valence-corrected chi connectivity index (χ4v) is 2.31. The Hall–Kier alpha value is -1.96. The van der Waals surface area contributed by atoms with E-state index in [-0.39, 0.29) is 6.04 Å². The Labute approximate surface area is 121 Å². The molecule has 0 bridgehead atoms. The summed E-state index contributed by atoms with van der Waals surface area (Å²) in [6, 6.07) is 15.0. The van der Waals surface area contributed by atoms with Gasteiger partial charge in [0.05, 0.1) is 6.61 Å². The predicted octanol–water partition coefficient (Wildman–Crippen LogP) is 4.88. The number of rotatable bonds is 5. The lowest BCUT2D eigenvalue weighted by molar-refractivity contribution is 0.340. The minimum Gasteiger partial charge on any atom is -0.494 e. The van der Waals surface area contributed by atoms with Crippen LogP contribution in [0, 0.1) is 13.8 Å². The first-order valence-corrected chi connectivity index (χ1v) is 7.16. The Bertz CT molecular complexity index is 560. The van der Waals surface area contributed by atoms with E-state index in [0.717, 1.165) is 5.75 Å². The van der Waals surface area contributed by atoms with Gasteiger partial charge in [-0.25, -0.2) is 0 Å². The van der Waals surface area contributed by atoms with Crippen molar-refractivity contribution in [3.8, 4) is 5.75 Å². The fraction of sp³-hybridized carbons (Fsp3) is 0.333. The molecule has 0 aromatic heterocycles. The first-order valence-electron chi connectivity index (χ1n) is 7.16. The Balaban J connectivity index is 2.09. The van der Waals surface area contributed by atoms with Crippen LogP contribution in [0.15, 0.2) is 42.5 Å². The average molecular weight is 269 g/mol. The summed E-state index contributed by atoms with van der Waals surface area (Å²) in [5.41, 5.74) is 5.02. The highest BCUT2D eigenvalue weighted by Gasteiger charge is 2.07. The lowest BCUT2D eigenvalue weighted by Gasteiger charge is -2.18. The maximum Gasteiger partial charge on any atom is 0.119 e. The van der Waals surface area contributed by atoms with Crippen molar-refractivity contribution in [2.45, 2.75) is 33.7 Å². The molecule has 0 spiro atoms. The molecule has 2 rings (SSSR count). The molecule has 0 heterocycles. The first-order chi connectivity index (χ1) is 9.60. The molecule has 0 fully saturated rings. The second-order valence-electron chi connectivity index (χ2n) is 5.19. The highest BCUT2D eigenvalue weighted by Crippen LogP contribution is 2.24. The number of hydrogen-bond donors (Lipinski definition) is 1. The van der Waals surface area contributed by atoms with Crippen molar-refractivity contribution in [1.82, 2.24) is 0 Å². The molecule has 106 valence electrons.